The smallest absolute Gasteiger partial charge is 0.00934 e. The molecule has 0 saturated heterocycles. The molecule has 0 amide bonds. The topological polar surface area (TPSA) is 0 Å². The molecule has 0 radical (unpaired) electrons. The van der Waals surface area contributed by atoms with Crippen molar-refractivity contribution in [3.63, 3.8) is 0 Å². The van der Waals surface area contributed by atoms with Gasteiger partial charge in [-0.1, -0.05) is 36.9 Å². The van der Waals surface area contributed by atoms with Gasteiger partial charge in [0.25, 0.3) is 0 Å². The Kier molecular flexibility index (Phi) is 7.51. The Morgan fingerprint density at radius 1 is 1.30 bits per heavy atom. The Morgan fingerprint density at radius 3 is 2.00 bits per heavy atom. The first-order valence-electron chi connectivity index (χ1n) is 3.12. The van der Waals surface area contributed by atoms with Gasteiger partial charge in [-0.15, -0.1) is 0 Å². The Morgan fingerprint density at radius 2 is 1.90 bits per heavy atom. The highest BCUT2D eigenvalue weighted by atomic mass is 32.1. The van der Waals surface area contributed by atoms with Crippen molar-refractivity contribution in [2.45, 2.75) is 6.92 Å². The quantitative estimate of drug-likeness (QED) is 0.540. The van der Waals surface area contributed by atoms with Crippen LogP contribution in [0.3, 0.4) is 0 Å². The van der Waals surface area contributed by atoms with Crippen molar-refractivity contribution in [3.05, 3.63) is 47.7 Å². The van der Waals surface area contributed by atoms with E-state index in [1.807, 2.05) is 42.0 Å². The Labute approximate surface area is 66.5 Å². The molecular weight excluding hydrogens is 140 g/mol. The largest absolute Gasteiger partial charge is 0.152 e. The third-order valence-electron chi connectivity index (χ3n) is 0.754. The van der Waals surface area contributed by atoms with E-state index in [-0.39, 0.29) is 0 Å². The second-order valence-electron chi connectivity index (χ2n) is 1.55. The van der Waals surface area contributed by atoms with E-state index in [4.69, 9.17) is 0 Å². The van der Waals surface area contributed by atoms with Gasteiger partial charge in [0.2, 0.25) is 0 Å². The van der Waals surface area contributed by atoms with E-state index >= 15 is 0 Å². The first kappa shape index (κ1) is 9.18. The van der Waals surface area contributed by atoms with Crippen molar-refractivity contribution < 1.29 is 0 Å². The monoisotopic (exact) mass is 152 g/mol. The molecule has 1 aromatic rings. The lowest BCUT2D eigenvalue weighted by Gasteiger charge is -1.56. The molecule has 0 fully saturated rings. The number of hydrogen-bond acceptors (Lipinski definition) is 1. The SMILES string of the molecule is C=CC=CC.c1ccsc1. The number of hydrogen-bond donors (Lipinski definition) is 0. The van der Waals surface area contributed by atoms with Gasteiger partial charge in [-0.2, -0.15) is 11.3 Å². The van der Waals surface area contributed by atoms with Crippen LogP contribution in [0.5, 0.6) is 0 Å². The van der Waals surface area contributed by atoms with Gasteiger partial charge >= 0.3 is 0 Å². The van der Waals surface area contributed by atoms with Gasteiger partial charge in [0, 0.05) is 0 Å². The van der Waals surface area contributed by atoms with E-state index in [1.54, 1.807) is 17.4 Å². The minimum Gasteiger partial charge on any atom is -0.152 e. The molecule has 1 aromatic heterocycles. The molecule has 0 saturated carbocycles. The second-order valence-corrected chi connectivity index (χ2v) is 2.37. The zero-order chi connectivity index (χ0) is 7.66. The summed E-state index contributed by atoms with van der Waals surface area (Å²) in [4.78, 5) is 0. The summed E-state index contributed by atoms with van der Waals surface area (Å²) in [6, 6.07) is 4.04. The molecule has 0 aromatic carbocycles. The Balaban J connectivity index is 0.000000162. The van der Waals surface area contributed by atoms with E-state index in [1.165, 1.54) is 0 Å². The minimum absolute atomic E-state index is 1.71. The highest BCUT2D eigenvalue weighted by Crippen LogP contribution is 1.91. The molecule has 0 nitrogen and oxygen atoms in total. The van der Waals surface area contributed by atoms with Gasteiger partial charge in [0.15, 0.2) is 0 Å². The molecule has 1 rings (SSSR count). The molecule has 0 atom stereocenters. The highest BCUT2D eigenvalue weighted by Gasteiger charge is 1.58. The summed E-state index contributed by atoms with van der Waals surface area (Å²) in [7, 11) is 0. The van der Waals surface area contributed by atoms with Crippen LogP contribution in [-0.4, -0.2) is 0 Å². The second kappa shape index (κ2) is 8.18. The van der Waals surface area contributed by atoms with Crippen molar-refractivity contribution >= 4 is 11.3 Å². The van der Waals surface area contributed by atoms with Gasteiger partial charge in [0.05, 0.1) is 0 Å². The van der Waals surface area contributed by atoms with Crippen molar-refractivity contribution in [1.82, 2.24) is 0 Å². The molecule has 54 valence electrons. The fraction of sp³-hybridized carbons (Fsp3) is 0.111. The molecule has 0 bridgehead atoms. The summed E-state index contributed by atoms with van der Waals surface area (Å²) in [5.41, 5.74) is 0. The molecule has 1 heterocycles. The van der Waals surface area contributed by atoms with Gasteiger partial charge in [0.1, 0.15) is 0 Å². The minimum atomic E-state index is 1.71. The van der Waals surface area contributed by atoms with Crippen LogP contribution in [0.1, 0.15) is 6.92 Å². The molecule has 10 heavy (non-hydrogen) atoms. The van der Waals surface area contributed by atoms with Crippen LogP contribution < -0.4 is 0 Å². The van der Waals surface area contributed by atoms with E-state index in [0.29, 0.717) is 0 Å². The summed E-state index contributed by atoms with van der Waals surface area (Å²) in [5.74, 6) is 0. The lowest BCUT2D eigenvalue weighted by molar-refractivity contribution is 1.74. The van der Waals surface area contributed by atoms with Crippen LogP contribution in [0.2, 0.25) is 0 Å². The van der Waals surface area contributed by atoms with Gasteiger partial charge in [-0.3, -0.25) is 0 Å². The predicted octanol–water partition coefficient (Wildman–Crippen LogP) is 3.50. The summed E-state index contributed by atoms with van der Waals surface area (Å²) >= 11 is 1.71. The van der Waals surface area contributed by atoms with Crippen LogP contribution in [0.15, 0.2) is 47.7 Å². The van der Waals surface area contributed by atoms with E-state index < -0.39 is 0 Å². The Hall–Kier alpha value is -0.820. The molecule has 0 spiro atoms. The summed E-state index contributed by atoms with van der Waals surface area (Å²) in [5, 5.41) is 4.08. The van der Waals surface area contributed by atoms with Crippen LogP contribution in [-0.2, 0) is 0 Å². The van der Waals surface area contributed by atoms with E-state index in [9.17, 15) is 0 Å². The molecule has 0 aliphatic heterocycles. The standard InChI is InChI=1S/C5H8.C4H4S/c1-3-5-4-2;1-2-4-5-3-1/h3-5H,1H2,2H3;1-4H. The van der Waals surface area contributed by atoms with Crippen LogP contribution in [0.4, 0.5) is 0 Å². The normalized spacial score (nSPS) is 8.50. The average Bonchev–Trinajstić information content (AvgIpc) is 2.44. The lowest BCUT2D eigenvalue weighted by Crippen LogP contribution is -1.33. The molecule has 0 aliphatic carbocycles. The van der Waals surface area contributed by atoms with Gasteiger partial charge < -0.3 is 0 Å². The summed E-state index contributed by atoms with van der Waals surface area (Å²) < 4.78 is 0. The van der Waals surface area contributed by atoms with Crippen molar-refractivity contribution in [1.29, 1.82) is 0 Å². The van der Waals surface area contributed by atoms with Crippen LogP contribution >= 0.6 is 11.3 Å². The summed E-state index contributed by atoms with van der Waals surface area (Å²) in [6.07, 6.45) is 5.58. The van der Waals surface area contributed by atoms with Crippen molar-refractivity contribution in [2.24, 2.45) is 0 Å². The van der Waals surface area contributed by atoms with Crippen molar-refractivity contribution in [2.75, 3.05) is 0 Å². The number of thiophene rings is 1. The summed E-state index contributed by atoms with van der Waals surface area (Å²) in [6.45, 7) is 5.42. The Bertz CT molecular complexity index is 144. The zero-order valence-electron chi connectivity index (χ0n) is 6.16. The third kappa shape index (κ3) is 7.18. The fourth-order valence-corrected chi connectivity index (χ4v) is 0.816. The maximum atomic E-state index is 3.46. The zero-order valence-corrected chi connectivity index (χ0v) is 6.97. The van der Waals surface area contributed by atoms with E-state index in [2.05, 4.69) is 6.58 Å². The molecule has 1 heteroatoms. The highest BCUT2D eigenvalue weighted by molar-refractivity contribution is 7.07. The first-order chi connectivity index (χ1) is 4.91. The molecule has 0 aliphatic rings. The van der Waals surface area contributed by atoms with Gasteiger partial charge in [-0.25, -0.2) is 0 Å². The fourth-order valence-electron chi connectivity index (χ4n) is 0.363. The van der Waals surface area contributed by atoms with E-state index in [0.717, 1.165) is 0 Å². The number of rotatable bonds is 1. The average molecular weight is 152 g/mol. The molecular formula is C9H12S. The third-order valence-corrected chi connectivity index (χ3v) is 1.38. The predicted molar refractivity (Wildman–Crippen MR) is 49.3 cm³/mol. The molecule has 0 N–H and O–H groups in total. The maximum Gasteiger partial charge on any atom is -0.00934 e. The van der Waals surface area contributed by atoms with Crippen LogP contribution in [0, 0.1) is 0 Å². The lowest BCUT2D eigenvalue weighted by atomic mass is 10.5. The van der Waals surface area contributed by atoms with Gasteiger partial charge in [-0.05, 0) is 17.7 Å². The maximum absolute atomic E-state index is 3.46. The first-order valence-corrected chi connectivity index (χ1v) is 4.07. The molecule has 0 unspecified atom stereocenters. The number of allylic oxidation sites excluding steroid dienone is 3. The van der Waals surface area contributed by atoms with Crippen molar-refractivity contribution in [3.8, 4) is 0 Å². The van der Waals surface area contributed by atoms with Crippen LogP contribution in [0.25, 0.3) is 0 Å².